The zero-order chi connectivity index (χ0) is 19.5. The van der Waals surface area contributed by atoms with Gasteiger partial charge in [-0.1, -0.05) is 54.6 Å². The summed E-state index contributed by atoms with van der Waals surface area (Å²) >= 11 is 1.19. The molecule has 0 radical (unpaired) electrons. The summed E-state index contributed by atoms with van der Waals surface area (Å²) in [6.45, 7) is -0.424. The van der Waals surface area contributed by atoms with Crippen molar-refractivity contribution in [2.75, 3.05) is 6.54 Å². The first-order chi connectivity index (χ1) is 13.6. The number of nitrogens with zero attached hydrogens (tertiary/aromatic N) is 2. The number of carboxylic acids is 1. The highest BCUT2D eigenvalue weighted by molar-refractivity contribution is 8.18. The predicted octanol–water partition coefficient (Wildman–Crippen LogP) is 4.53. The Morgan fingerprint density at radius 3 is 2.46 bits per heavy atom. The number of para-hydroxylation sites is 1. The number of amides is 1. The van der Waals surface area contributed by atoms with Crippen molar-refractivity contribution < 1.29 is 14.7 Å². The molecule has 1 heterocycles. The second kappa shape index (κ2) is 7.70. The molecule has 138 valence electrons. The molecule has 0 spiro atoms. The summed E-state index contributed by atoms with van der Waals surface area (Å²) in [5, 5.41) is 11.8. The Hall–Kier alpha value is -3.38. The van der Waals surface area contributed by atoms with E-state index in [4.69, 9.17) is 0 Å². The molecule has 6 heteroatoms. The maximum atomic E-state index is 12.8. The van der Waals surface area contributed by atoms with E-state index in [2.05, 4.69) is 4.99 Å². The van der Waals surface area contributed by atoms with E-state index < -0.39 is 12.5 Å². The summed E-state index contributed by atoms with van der Waals surface area (Å²) in [5.74, 6) is -1.43. The van der Waals surface area contributed by atoms with E-state index in [1.165, 1.54) is 16.7 Å². The Labute approximate surface area is 166 Å². The van der Waals surface area contributed by atoms with Gasteiger partial charge in [-0.25, -0.2) is 4.99 Å². The summed E-state index contributed by atoms with van der Waals surface area (Å²) in [6.07, 6.45) is 1.78. The molecule has 0 aromatic heterocycles. The minimum Gasteiger partial charge on any atom is -0.480 e. The number of benzene rings is 3. The van der Waals surface area contributed by atoms with E-state index >= 15 is 0 Å². The van der Waals surface area contributed by atoms with Crippen molar-refractivity contribution >= 4 is 51.3 Å². The fraction of sp³-hybridized carbons (Fsp3) is 0.0455. The lowest BCUT2D eigenvalue weighted by atomic mass is 10.1. The Morgan fingerprint density at radius 2 is 1.71 bits per heavy atom. The van der Waals surface area contributed by atoms with E-state index in [-0.39, 0.29) is 5.91 Å². The van der Waals surface area contributed by atoms with Crippen molar-refractivity contribution in [2.45, 2.75) is 0 Å². The van der Waals surface area contributed by atoms with Crippen LogP contribution in [0.1, 0.15) is 5.56 Å². The molecular weight excluding hydrogens is 372 g/mol. The molecule has 1 N–H and O–H groups in total. The molecule has 3 aromatic rings. The van der Waals surface area contributed by atoms with Gasteiger partial charge in [0.05, 0.1) is 10.6 Å². The SMILES string of the molecule is O=C(O)CN1C(=O)/C(=C/c2ccc3ccccc3c2)SC1=Nc1ccccc1. The van der Waals surface area contributed by atoms with Crippen molar-refractivity contribution in [3.8, 4) is 0 Å². The number of hydrogen-bond acceptors (Lipinski definition) is 4. The van der Waals surface area contributed by atoms with Gasteiger partial charge in [-0.3, -0.25) is 14.5 Å². The Balaban J connectivity index is 1.70. The number of hydrogen-bond donors (Lipinski definition) is 1. The van der Waals surface area contributed by atoms with Crippen molar-refractivity contribution in [2.24, 2.45) is 4.99 Å². The van der Waals surface area contributed by atoms with Crippen LogP contribution in [0.4, 0.5) is 5.69 Å². The van der Waals surface area contributed by atoms with Crippen LogP contribution in [0.25, 0.3) is 16.8 Å². The lowest BCUT2D eigenvalue weighted by molar-refractivity contribution is -0.140. The number of carbonyl (C=O) groups is 2. The first kappa shape index (κ1) is 18.0. The van der Waals surface area contributed by atoms with Gasteiger partial charge in [-0.05, 0) is 52.4 Å². The van der Waals surface area contributed by atoms with Gasteiger partial charge in [-0.2, -0.15) is 0 Å². The first-order valence-electron chi connectivity index (χ1n) is 8.66. The van der Waals surface area contributed by atoms with E-state index in [9.17, 15) is 14.7 Å². The average molecular weight is 388 g/mol. The van der Waals surface area contributed by atoms with Crippen LogP contribution in [0.3, 0.4) is 0 Å². The number of fused-ring (bicyclic) bond motifs is 1. The first-order valence-corrected chi connectivity index (χ1v) is 9.47. The van der Waals surface area contributed by atoms with Crippen LogP contribution in [0.15, 0.2) is 82.7 Å². The average Bonchev–Trinajstić information content (AvgIpc) is 2.97. The Kier molecular flexibility index (Phi) is 4.95. The van der Waals surface area contributed by atoms with Crippen LogP contribution in [-0.4, -0.2) is 33.6 Å². The van der Waals surface area contributed by atoms with E-state index in [1.807, 2.05) is 72.8 Å². The zero-order valence-electron chi connectivity index (χ0n) is 14.8. The third-order valence-electron chi connectivity index (χ3n) is 4.23. The third-order valence-corrected chi connectivity index (χ3v) is 5.24. The van der Waals surface area contributed by atoms with Gasteiger partial charge in [0.15, 0.2) is 5.17 Å². The molecule has 1 saturated heterocycles. The molecule has 0 bridgehead atoms. The lowest BCUT2D eigenvalue weighted by Crippen LogP contribution is -2.34. The van der Waals surface area contributed by atoms with Crippen molar-refractivity contribution in [1.29, 1.82) is 0 Å². The van der Waals surface area contributed by atoms with Gasteiger partial charge in [0.2, 0.25) is 0 Å². The van der Waals surface area contributed by atoms with Crippen LogP contribution in [0.5, 0.6) is 0 Å². The monoisotopic (exact) mass is 388 g/mol. The van der Waals surface area contributed by atoms with Crippen molar-refractivity contribution in [3.63, 3.8) is 0 Å². The largest absolute Gasteiger partial charge is 0.480 e. The number of carboxylic acid groups (broad SMARTS) is 1. The molecular formula is C22H16N2O3S. The highest BCUT2D eigenvalue weighted by Crippen LogP contribution is 2.34. The number of amidine groups is 1. The summed E-state index contributed by atoms with van der Waals surface area (Å²) in [6, 6.07) is 23.1. The number of carbonyl (C=O) groups excluding carboxylic acids is 1. The second-order valence-corrected chi connectivity index (χ2v) is 7.24. The molecule has 3 aromatic carbocycles. The smallest absolute Gasteiger partial charge is 0.323 e. The van der Waals surface area contributed by atoms with E-state index in [0.717, 1.165) is 16.3 Å². The molecule has 4 rings (SSSR count). The highest BCUT2D eigenvalue weighted by Gasteiger charge is 2.34. The summed E-state index contributed by atoms with van der Waals surface area (Å²) in [5.41, 5.74) is 1.55. The zero-order valence-corrected chi connectivity index (χ0v) is 15.6. The predicted molar refractivity (Wildman–Crippen MR) is 112 cm³/mol. The molecule has 1 aliphatic rings. The van der Waals surface area contributed by atoms with E-state index in [1.54, 1.807) is 6.08 Å². The van der Waals surface area contributed by atoms with Gasteiger partial charge < -0.3 is 5.11 Å². The minimum atomic E-state index is -1.08. The van der Waals surface area contributed by atoms with Crippen molar-refractivity contribution in [3.05, 3.63) is 83.3 Å². The van der Waals surface area contributed by atoms with Crippen LogP contribution < -0.4 is 0 Å². The molecule has 0 saturated carbocycles. The normalized spacial score (nSPS) is 17.0. The van der Waals surface area contributed by atoms with Gasteiger partial charge in [-0.15, -0.1) is 0 Å². The number of aliphatic carboxylic acids is 1. The van der Waals surface area contributed by atoms with Gasteiger partial charge >= 0.3 is 5.97 Å². The quantitative estimate of drug-likeness (QED) is 0.667. The van der Waals surface area contributed by atoms with Crippen LogP contribution in [-0.2, 0) is 9.59 Å². The highest BCUT2D eigenvalue weighted by atomic mass is 32.2. The Bertz CT molecular complexity index is 1120. The summed E-state index contributed by atoms with van der Waals surface area (Å²) in [4.78, 5) is 30.2. The molecule has 0 atom stereocenters. The topological polar surface area (TPSA) is 70.0 Å². The van der Waals surface area contributed by atoms with Crippen molar-refractivity contribution in [1.82, 2.24) is 4.90 Å². The molecule has 1 aliphatic heterocycles. The summed E-state index contributed by atoms with van der Waals surface area (Å²) in [7, 11) is 0. The number of thioether (sulfide) groups is 1. The Morgan fingerprint density at radius 1 is 1.00 bits per heavy atom. The number of aliphatic imine (C=N–C) groups is 1. The molecule has 28 heavy (non-hydrogen) atoms. The summed E-state index contributed by atoms with van der Waals surface area (Å²) < 4.78 is 0. The molecule has 5 nitrogen and oxygen atoms in total. The molecule has 1 amide bonds. The van der Waals surface area contributed by atoms with Crippen LogP contribution >= 0.6 is 11.8 Å². The standard InChI is InChI=1S/C22H16N2O3S/c25-20(26)14-24-21(27)19(28-22(24)23-18-8-2-1-3-9-18)13-15-10-11-16-6-4-5-7-17(16)12-15/h1-13H,14H2,(H,25,26)/b19-13-,23-22?. The van der Waals surface area contributed by atoms with Crippen LogP contribution in [0, 0.1) is 0 Å². The number of rotatable bonds is 4. The third kappa shape index (κ3) is 3.82. The minimum absolute atomic E-state index is 0.352. The van der Waals surface area contributed by atoms with Gasteiger partial charge in [0.25, 0.3) is 5.91 Å². The van der Waals surface area contributed by atoms with E-state index in [0.29, 0.717) is 15.8 Å². The maximum Gasteiger partial charge on any atom is 0.323 e. The van der Waals surface area contributed by atoms with Gasteiger partial charge in [0, 0.05) is 0 Å². The fourth-order valence-electron chi connectivity index (χ4n) is 2.93. The molecule has 1 fully saturated rings. The van der Waals surface area contributed by atoms with Gasteiger partial charge in [0.1, 0.15) is 6.54 Å². The molecule has 0 aliphatic carbocycles. The maximum absolute atomic E-state index is 12.8. The lowest BCUT2D eigenvalue weighted by Gasteiger charge is -2.12. The fourth-order valence-corrected chi connectivity index (χ4v) is 3.93. The van der Waals surface area contributed by atoms with Crippen LogP contribution in [0.2, 0.25) is 0 Å². The second-order valence-electron chi connectivity index (χ2n) is 6.23. The molecule has 0 unspecified atom stereocenters.